The number of hydrogen-bond acceptors (Lipinski definition) is 4. The van der Waals surface area contributed by atoms with Gasteiger partial charge in [0.1, 0.15) is 5.82 Å². The van der Waals surface area contributed by atoms with Gasteiger partial charge in [-0.2, -0.15) is 0 Å². The van der Waals surface area contributed by atoms with Gasteiger partial charge >= 0.3 is 0 Å². The number of hydrogen-bond donors (Lipinski definition) is 2. The lowest BCUT2D eigenvalue weighted by molar-refractivity contribution is -0.120. The van der Waals surface area contributed by atoms with Crippen molar-refractivity contribution < 1.29 is 23.5 Å². The molecule has 0 unspecified atom stereocenters. The maximum atomic E-state index is 12.8. The average Bonchev–Trinajstić information content (AvgIpc) is 3.04. The molecule has 1 heterocycles. The summed E-state index contributed by atoms with van der Waals surface area (Å²) >= 11 is 0. The Hall–Kier alpha value is -3.09. The van der Waals surface area contributed by atoms with E-state index in [2.05, 4.69) is 10.6 Å². The third-order valence-electron chi connectivity index (χ3n) is 3.61. The lowest BCUT2D eigenvalue weighted by Crippen LogP contribution is -2.28. The Balaban J connectivity index is 1.40. The van der Waals surface area contributed by atoms with E-state index < -0.39 is 0 Å². The Morgan fingerprint density at radius 3 is 2.56 bits per heavy atom. The summed E-state index contributed by atoms with van der Waals surface area (Å²) in [5.41, 5.74) is 1.32. The molecule has 25 heavy (non-hydrogen) atoms. The fraction of sp³-hybridized carbons (Fsp3) is 0.222. The summed E-state index contributed by atoms with van der Waals surface area (Å²) < 4.78 is 23.3. The molecule has 2 aromatic rings. The number of carbonyl (C=O) groups excluding carboxylic acids is 2. The monoisotopic (exact) mass is 344 g/mol. The smallest absolute Gasteiger partial charge is 0.231 e. The van der Waals surface area contributed by atoms with Gasteiger partial charge in [-0.15, -0.1) is 0 Å². The van der Waals surface area contributed by atoms with E-state index in [1.165, 1.54) is 12.1 Å². The van der Waals surface area contributed by atoms with E-state index in [1.54, 1.807) is 30.3 Å². The van der Waals surface area contributed by atoms with Crippen molar-refractivity contribution in [3.8, 4) is 11.5 Å². The van der Waals surface area contributed by atoms with E-state index in [1.807, 2.05) is 0 Å². The third-order valence-corrected chi connectivity index (χ3v) is 3.61. The Morgan fingerprint density at radius 1 is 1.00 bits per heavy atom. The molecule has 2 aromatic carbocycles. The number of carbonyl (C=O) groups is 2. The van der Waals surface area contributed by atoms with Gasteiger partial charge in [0.05, 0.1) is 6.42 Å². The Kier molecular flexibility index (Phi) is 5.13. The van der Waals surface area contributed by atoms with Crippen molar-refractivity contribution in [2.24, 2.45) is 0 Å². The SMILES string of the molecule is O=C(Cc1ccc(F)cc1)NCCC(=O)Nc1ccc2c(c1)OCO2. The number of rotatable bonds is 6. The van der Waals surface area contributed by atoms with Crippen LogP contribution in [0, 0.1) is 5.82 Å². The minimum Gasteiger partial charge on any atom is -0.454 e. The van der Waals surface area contributed by atoms with E-state index in [0.29, 0.717) is 22.7 Å². The molecule has 0 spiro atoms. The van der Waals surface area contributed by atoms with Crippen LogP contribution in [0.4, 0.5) is 10.1 Å². The fourth-order valence-electron chi connectivity index (χ4n) is 2.36. The highest BCUT2D eigenvalue weighted by Crippen LogP contribution is 2.34. The van der Waals surface area contributed by atoms with Gasteiger partial charge in [0.2, 0.25) is 18.6 Å². The van der Waals surface area contributed by atoms with Crippen molar-refractivity contribution in [2.45, 2.75) is 12.8 Å². The van der Waals surface area contributed by atoms with Gasteiger partial charge in [0, 0.05) is 24.7 Å². The molecule has 0 bridgehead atoms. The number of halogens is 1. The minimum absolute atomic E-state index is 0.142. The molecule has 6 nitrogen and oxygen atoms in total. The lowest BCUT2D eigenvalue weighted by atomic mass is 10.1. The standard InChI is InChI=1S/C18H17FN2O4/c19-13-3-1-12(2-4-13)9-18(23)20-8-7-17(22)21-14-5-6-15-16(10-14)25-11-24-15/h1-6,10H,7-9,11H2,(H,20,23)(H,21,22). The summed E-state index contributed by atoms with van der Waals surface area (Å²) in [7, 11) is 0. The fourth-order valence-corrected chi connectivity index (χ4v) is 2.36. The van der Waals surface area contributed by atoms with Crippen LogP contribution in [0.1, 0.15) is 12.0 Å². The third kappa shape index (κ3) is 4.69. The highest BCUT2D eigenvalue weighted by Gasteiger charge is 2.14. The van der Waals surface area contributed by atoms with E-state index in [4.69, 9.17) is 9.47 Å². The molecule has 1 aliphatic heterocycles. The molecular weight excluding hydrogens is 327 g/mol. The summed E-state index contributed by atoms with van der Waals surface area (Å²) in [5, 5.41) is 5.40. The van der Waals surface area contributed by atoms with Gasteiger partial charge in [-0.25, -0.2) is 4.39 Å². The normalized spacial score (nSPS) is 11.9. The summed E-state index contributed by atoms with van der Waals surface area (Å²) in [5.74, 6) is 0.448. The maximum absolute atomic E-state index is 12.8. The molecule has 2 amide bonds. The van der Waals surface area contributed by atoms with Crippen LogP contribution in [-0.4, -0.2) is 25.2 Å². The second-order valence-corrected chi connectivity index (χ2v) is 5.52. The van der Waals surface area contributed by atoms with Crippen LogP contribution in [0.15, 0.2) is 42.5 Å². The summed E-state index contributed by atoms with van der Waals surface area (Å²) in [6.45, 7) is 0.392. The van der Waals surface area contributed by atoms with Crippen molar-refractivity contribution in [2.75, 3.05) is 18.7 Å². The van der Waals surface area contributed by atoms with Crippen LogP contribution in [-0.2, 0) is 16.0 Å². The first-order valence-electron chi connectivity index (χ1n) is 7.81. The Labute approximate surface area is 143 Å². The molecule has 0 saturated carbocycles. The zero-order chi connectivity index (χ0) is 17.6. The Bertz CT molecular complexity index is 777. The van der Waals surface area contributed by atoms with Crippen molar-refractivity contribution in [1.29, 1.82) is 0 Å². The van der Waals surface area contributed by atoms with Gasteiger partial charge < -0.3 is 20.1 Å². The maximum Gasteiger partial charge on any atom is 0.231 e. The van der Waals surface area contributed by atoms with Gasteiger partial charge in [0.25, 0.3) is 0 Å². The van der Waals surface area contributed by atoms with Crippen LogP contribution in [0.5, 0.6) is 11.5 Å². The molecule has 0 aliphatic carbocycles. The van der Waals surface area contributed by atoms with Crippen LogP contribution in [0.2, 0.25) is 0 Å². The Morgan fingerprint density at radius 2 is 1.76 bits per heavy atom. The van der Waals surface area contributed by atoms with Crippen molar-refractivity contribution in [3.63, 3.8) is 0 Å². The molecule has 0 saturated heterocycles. The zero-order valence-corrected chi connectivity index (χ0v) is 13.4. The van der Waals surface area contributed by atoms with E-state index in [-0.39, 0.29) is 43.8 Å². The first kappa shape index (κ1) is 16.8. The predicted octanol–water partition coefficient (Wildman–Crippen LogP) is 2.24. The van der Waals surface area contributed by atoms with E-state index in [9.17, 15) is 14.0 Å². The zero-order valence-electron chi connectivity index (χ0n) is 13.4. The van der Waals surface area contributed by atoms with Crippen molar-refractivity contribution in [1.82, 2.24) is 5.32 Å². The number of benzene rings is 2. The topological polar surface area (TPSA) is 76.7 Å². The van der Waals surface area contributed by atoms with Crippen LogP contribution < -0.4 is 20.1 Å². The first-order chi connectivity index (χ1) is 12.1. The summed E-state index contributed by atoms with van der Waals surface area (Å²) in [4.78, 5) is 23.7. The second-order valence-electron chi connectivity index (χ2n) is 5.52. The number of ether oxygens (including phenoxy) is 2. The molecule has 0 atom stereocenters. The number of anilines is 1. The molecule has 0 aromatic heterocycles. The van der Waals surface area contributed by atoms with Crippen molar-refractivity contribution >= 4 is 17.5 Å². The second kappa shape index (κ2) is 7.65. The van der Waals surface area contributed by atoms with E-state index in [0.717, 1.165) is 0 Å². The molecule has 1 aliphatic rings. The van der Waals surface area contributed by atoms with Gasteiger partial charge in [0.15, 0.2) is 11.5 Å². The summed E-state index contributed by atoms with van der Waals surface area (Å²) in [6.07, 6.45) is 0.285. The molecule has 0 fully saturated rings. The molecule has 130 valence electrons. The van der Waals surface area contributed by atoms with Crippen molar-refractivity contribution in [3.05, 3.63) is 53.8 Å². The van der Waals surface area contributed by atoms with Crippen LogP contribution >= 0.6 is 0 Å². The lowest BCUT2D eigenvalue weighted by Gasteiger charge is -2.07. The number of fused-ring (bicyclic) bond motifs is 1. The highest BCUT2D eigenvalue weighted by molar-refractivity contribution is 5.91. The number of amides is 2. The van der Waals surface area contributed by atoms with Crippen LogP contribution in [0.3, 0.4) is 0 Å². The van der Waals surface area contributed by atoms with Gasteiger partial charge in [-0.05, 0) is 29.8 Å². The molecule has 7 heteroatoms. The van der Waals surface area contributed by atoms with E-state index >= 15 is 0 Å². The quantitative estimate of drug-likeness (QED) is 0.843. The molecular formula is C18H17FN2O4. The van der Waals surface area contributed by atoms with Gasteiger partial charge in [-0.3, -0.25) is 9.59 Å². The average molecular weight is 344 g/mol. The van der Waals surface area contributed by atoms with Gasteiger partial charge in [-0.1, -0.05) is 12.1 Å². The highest BCUT2D eigenvalue weighted by atomic mass is 19.1. The molecule has 3 rings (SSSR count). The molecule has 2 N–H and O–H groups in total. The van der Waals surface area contributed by atoms with Crippen LogP contribution in [0.25, 0.3) is 0 Å². The number of nitrogens with one attached hydrogen (secondary N) is 2. The summed E-state index contributed by atoms with van der Waals surface area (Å²) in [6, 6.07) is 10.9. The largest absolute Gasteiger partial charge is 0.454 e. The first-order valence-corrected chi connectivity index (χ1v) is 7.81. The minimum atomic E-state index is -0.343. The molecule has 0 radical (unpaired) electrons. The predicted molar refractivity (Wildman–Crippen MR) is 88.9 cm³/mol.